The molecule has 92 valence electrons. The molecule has 1 aromatic carbocycles. The molecule has 0 amide bonds. The Morgan fingerprint density at radius 2 is 1.88 bits per heavy atom. The summed E-state index contributed by atoms with van der Waals surface area (Å²) in [7, 11) is 0. The van der Waals surface area contributed by atoms with Gasteiger partial charge in [0, 0.05) is 4.83 Å². The lowest BCUT2D eigenvalue weighted by atomic mass is 10.0. The normalized spacial score (nSPS) is 14.2. The minimum atomic E-state index is 0.410. The molecule has 0 bridgehead atoms. The monoisotopic (exact) mass is 292 g/mol. The quantitative estimate of drug-likeness (QED) is 0.493. The van der Waals surface area contributed by atoms with E-state index in [2.05, 4.69) is 78.3 Å². The molecular formula is C16H21Br. The SMILES string of the molecule is CC/C=C\C(=C/CC)C(Br)Cc1ccccc1. The first kappa shape index (κ1) is 14.2. The van der Waals surface area contributed by atoms with E-state index in [1.54, 1.807) is 0 Å². The third-order valence-corrected chi connectivity index (χ3v) is 3.46. The van der Waals surface area contributed by atoms with Crippen LogP contribution in [0.15, 0.2) is 54.1 Å². The molecule has 1 rings (SSSR count). The summed E-state index contributed by atoms with van der Waals surface area (Å²) in [5.41, 5.74) is 2.76. The van der Waals surface area contributed by atoms with Crippen molar-refractivity contribution in [3.8, 4) is 0 Å². The lowest BCUT2D eigenvalue weighted by Crippen LogP contribution is -2.05. The Balaban J connectivity index is 2.69. The molecule has 0 spiro atoms. The molecular weight excluding hydrogens is 272 g/mol. The third kappa shape index (κ3) is 5.36. The topological polar surface area (TPSA) is 0 Å². The van der Waals surface area contributed by atoms with Crippen LogP contribution in [-0.2, 0) is 6.42 Å². The molecule has 0 aliphatic carbocycles. The molecule has 0 saturated heterocycles. The van der Waals surface area contributed by atoms with Gasteiger partial charge in [0.25, 0.3) is 0 Å². The van der Waals surface area contributed by atoms with Crippen LogP contribution in [0.5, 0.6) is 0 Å². The summed E-state index contributed by atoms with van der Waals surface area (Å²) >= 11 is 3.79. The second-order valence-electron chi connectivity index (χ2n) is 4.08. The molecule has 0 aromatic heterocycles. The highest BCUT2D eigenvalue weighted by Crippen LogP contribution is 2.20. The van der Waals surface area contributed by atoms with Crippen LogP contribution < -0.4 is 0 Å². The van der Waals surface area contributed by atoms with Crippen molar-refractivity contribution in [3.63, 3.8) is 0 Å². The maximum atomic E-state index is 3.79. The zero-order valence-electron chi connectivity index (χ0n) is 10.7. The van der Waals surface area contributed by atoms with Crippen LogP contribution in [0.1, 0.15) is 32.3 Å². The maximum Gasteiger partial charge on any atom is 0.0432 e. The van der Waals surface area contributed by atoms with Crippen molar-refractivity contribution < 1.29 is 0 Å². The lowest BCUT2D eigenvalue weighted by molar-refractivity contribution is 0.984. The summed E-state index contributed by atoms with van der Waals surface area (Å²) in [6, 6.07) is 10.6. The van der Waals surface area contributed by atoms with E-state index in [0.717, 1.165) is 19.3 Å². The number of hydrogen-bond acceptors (Lipinski definition) is 0. The van der Waals surface area contributed by atoms with Gasteiger partial charge in [-0.2, -0.15) is 0 Å². The fraction of sp³-hybridized carbons (Fsp3) is 0.375. The van der Waals surface area contributed by atoms with Gasteiger partial charge in [-0.25, -0.2) is 0 Å². The highest BCUT2D eigenvalue weighted by Gasteiger charge is 2.08. The van der Waals surface area contributed by atoms with Crippen molar-refractivity contribution in [3.05, 3.63) is 59.7 Å². The highest BCUT2D eigenvalue weighted by atomic mass is 79.9. The van der Waals surface area contributed by atoms with Gasteiger partial charge in [0.15, 0.2) is 0 Å². The van der Waals surface area contributed by atoms with Crippen molar-refractivity contribution in [2.75, 3.05) is 0 Å². The van der Waals surface area contributed by atoms with Crippen LogP contribution in [0.4, 0.5) is 0 Å². The van der Waals surface area contributed by atoms with Crippen molar-refractivity contribution in [1.82, 2.24) is 0 Å². The van der Waals surface area contributed by atoms with Gasteiger partial charge >= 0.3 is 0 Å². The second kappa shape index (κ2) is 8.30. The number of halogens is 1. The molecule has 1 atom stereocenters. The Morgan fingerprint density at radius 3 is 2.47 bits per heavy atom. The fourth-order valence-corrected chi connectivity index (χ4v) is 2.44. The van der Waals surface area contributed by atoms with Crippen LogP contribution in [0, 0.1) is 0 Å². The minimum Gasteiger partial charge on any atom is -0.0845 e. The van der Waals surface area contributed by atoms with E-state index in [1.807, 2.05) is 0 Å². The molecule has 0 radical (unpaired) electrons. The molecule has 0 saturated carbocycles. The summed E-state index contributed by atoms with van der Waals surface area (Å²) in [6.07, 6.45) is 9.98. The Bertz CT molecular complexity index is 362. The third-order valence-electron chi connectivity index (χ3n) is 2.61. The summed E-state index contributed by atoms with van der Waals surface area (Å²) in [5.74, 6) is 0. The van der Waals surface area contributed by atoms with E-state index in [1.165, 1.54) is 11.1 Å². The number of alkyl halides is 1. The van der Waals surface area contributed by atoms with Gasteiger partial charge in [-0.1, -0.05) is 78.3 Å². The van der Waals surface area contributed by atoms with Crippen LogP contribution in [-0.4, -0.2) is 4.83 Å². The predicted molar refractivity (Wildman–Crippen MR) is 80.7 cm³/mol. The van der Waals surface area contributed by atoms with Crippen molar-refractivity contribution >= 4 is 15.9 Å². The molecule has 0 nitrogen and oxygen atoms in total. The summed E-state index contributed by atoms with van der Waals surface area (Å²) in [5, 5.41) is 0. The molecule has 1 heteroatoms. The zero-order valence-corrected chi connectivity index (χ0v) is 12.3. The van der Waals surface area contributed by atoms with E-state index in [4.69, 9.17) is 0 Å². The van der Waals surface area contributed by atoms with Gasteiger partial charge in [-0.15, -0.1) is 0 Å². The average Bonchev–Trinajstić information content (AvgIpc) is 2.35. The van der Waals surface area contributed by atoms with Crippen LogP contribution in [0.25, 0.3) is 0 Å². The minimum absolute atomic E-state index is 0.410. The Kier molecular flexibility index (Phi) is 6.95. The Hall–Kier alpha value is -0.820. The largest absolute Gasteiger partial charge is 0.0845 e. The van der Waals surface area contributed by atoms with Crippen LogP contribution >= 0.6 is 15.9 Å². The zero-order chi connectivity index (χ0) is 12.5. The first-order chi connectivity index (χ1) is 8.27. The number of hydrogen-bond donors (Lipinski definition) is 0. The van der Waals surface area contributed by atoms with Gasteiger partial charge in [-0.3, -0.25) is 0 Å². The van der Waals surface area contributed by atoms with Gasteiger partial charge in [-0.05, 0) is 30.4 Å². The Morgan fingerprint density at radius 1 is 1.18 bits per heavy atom. The van der Waals surface area contributed by atoms with Gasteiger partial charge in [0.05, 0.1) is 0 Å². The Labute approximate surface area is 114 Å². The van der Waals surface area contributed by atoms with Crippen molar-refractivity contribution in [2.24, 2.45) is 0 Å². The van der Waals surface area contributed by atoms with E-state index < -0.39 is 0 Å². The summed E-state index contributed by atoms with van der Waals surface area (Å²) < 4.78 is 0. The summed E-state index contributed by atoms with van der Waals surface area (Å²) in [6.45, 7) is 4.35. The first-order valence-corrected chi connectivity index (χ1v) is 7.24. The number of rotatable bonds is 6. The van der Waals surface area contributed by atoms with Crippen LogP contribution in [0.3, 0.4) is 0 Å². The standard InChI is InChI=1S/C16H21Br/c1-3-5-12-15(9-4-2)16(17)13-14-10-7-6-8-11-14/h5-12,16H,3-4,13H2,1-2H3/b12-5-,15-9+. The highest BCUT2D eigenvalue weighted by molar-refractivity contribution is 9.09. The van der Waals surface area contributed by atoms with Gasteiger partial charge < -0.3 is 0 Å². The molecule has 0 fully saturated rings. The molecule has 0 aliphatic rings. The summed E-state index contributed by atoms with van der Waals surface area (Å²) in [4.78, 5) is 0.410. The molecule has 17 heavy (non-hydrogen) atoms. The molecule has 0 N–H and O–H groups in total. The smallest absolute Gasteiger partial charge is 0.0432 e. The predicted octanol–water partition coefficient (Wildman–Crippen LogP) is 5.30. The maximum absolute atomic E-state index is 3.79. The number of benzene rings is 1. The molecule has 1 aromatic rings. The van der Waals surface area contributed by atoms with E-state index in [0.29, 0.717) is 4.83 Å². The first-order valence-electron chi connectivity index (χ1n) is 6.32. The van der Waals surface area contributed by atoms with Crippen molar-refractivity contribution in [1.29, 1.82) is 0 Å². The van der Waals surface area contributed by atoms with E-state index >= 15 is 0 Å². The van der Waals surface area contributed by atoms with Crippen molar-refractivity contribution in [2.45, 2.75) is 37.9 Å². The number of allylic oxidation sites excluding steroid dienone is 4. The van der Waals surface area contributed by atoms with E-state index in [9.17, 15) is 0 Å². The molecule has 0 heterocycles. The second-order valence-corrected chi connectivity index (χ2v) is 5.19. The van der Waals surface area contributed by atoms with Gasteiger partial charge in [0.2, 0.25) is 0 Å². The molecule has 0 aliphatic heterocycles. The fourth-order valence-electron chi connectivity index (χ4n) is 1.73. The van der Waals surface area contributed by atoms with E-state index in [-0.39, 0.29) is 0 Å². The van der Waals surface area contributed by atoms with Gasteiger partial charge in [0.1, 0.15) is 0 Å². The molecule has 1 unspecified atom stereocenters. The average molecular weight is 293 g/mol. The van der Waals surface area contributed by atoms with Crippen LogP contribution in [0.2, 0.25) is 0 Å². The lowest BCUT2D eigenvalue weighted by Gasteiger charge is -2.11.